The van der Waals surface area contributed by atoms with Gasteiger partial charge in [-0.3, -0.25) is 0 Å². The van der Waals surface area contributed by atoms with E-state index in [0.717, 1.165) is 33.2 Å². The van der Waals surface area contributed by atoms with Crippen LogP contribution in [0.15, 0.2) is 223 Å². The topological polar surface area (TPSA) is 23.0 Å². The van der Waals surface area contributed by atoms with Crippen molar-refractivity contribution in [2.24, 2.45) is 0 Å². The van der Waals surface area contributed by atoms with Crippen LogP contribution in [-0.4, -0.2) is 9.13 Å². The maximum atomic E-state index is 6.44. The number of aromatic nitrogens is 2. The Hall–Kier alpha value is -8.18. The summed E-state index contributed by atoms with van der Waals surface area (Å²) in [5, 5.41) is 9.82. The third-order valence-electron chi connectivity index (χ3n) is 13.3. The van der Waals surface area contributed by atoms with Gasteiger partial charge in [-0.2, -0.15) is 0 Å². The molecule has 298 valence electrons. The predicted molar refractivity (Wildman–Crippen MR) is 272 cm³/mol. The van der Waals surface area contributed by atoms with Crippen LogP contribution in [-0.2, 0) is 0 Å². The molecule has 64 heavy (non-hydrogen) atoms. The number of para-hydroxylation sites is 3. The molecule has 0 aliphatic carbocycles. The van der Waals surface area contributed by atoms with E-state index >= 15 is 0 Å². The fourth-order valence-corrected chi connectivity index (χ4v) is 11.5. The van der Waals surface area contributed by atoms with Crippen LogP contribution in [0.1, 0.15) is 0 Å². The number of rotatable bonds is 5. The minimum Gasteiger partial charge on any atom is -0.456 e. The van der Waals surface area contributed by atoms with Crippen LogP contribution in [0, 0.1) is 0 Å². The molecule has 4 heterocycles. The van der Waals surface area contributed by atoms with Crippen LogP contribution in [0.3, 0.4) is 0 Å². The maximum Gasteiger partial charge on any atom is 0.135 e. The lowest BCUT2D eigenvalue weighted by atomic mass is 9.97. The Kier molecular flexibility index (Phi) is 7.56. The number of fused-ring (bicyclic) bond motifs is 12. The van der Waals surface area contributed by atoms with Crippen molar-refractivity contribution in [1.29, 1.82) is 0 Å². The highest BCUT2D eigenvalue weighted by Crippen LogP contribution is 2.44. The summed E-state index contributed by atoms with van der Waals surface area (Å²) < 4.78 is 13.9. The first-order chi connectivity index (χ1) is 31.7. The molecule has 0 atom stereocenters. The van der Waals surface area contributed by atoms with Gasteiger partial charge in [0.1, 0.15) is 11.2 Å². The molecule has 0 unspecified atom stereocenters. The van der Waals surface area contributed by atoms with Crippen molar-refractivity contribution in [2.75, 3.05) is 0 Å². The third kappa shape index (κ3) is 5.27. The SMILES string of the molecule is c1ccc(-c2ccc3c(c2)c2ccccc2n3-c2cccc3c2sc2ccc(-c4cccc(-c5ccc6oc7ccc(-n8c9ccccc9c9ccccc98)cc7c6c5)c4)cc23)cc1. The van der Waals surface area contributed by atoms with E-state index in [0.29, 0.717) is 0 Å². The summed E-state index contributed by atoms with van der Waals surface area (Å²) >= 11 is 1.88. The molecular formula is C60H36N2OS. The fourth-order valence-electron chi connectivity index (χ4n) is 10.3. The van der Waals surface area contributed by atoms with Crippen molar-refractivity contribution in [3.8, 4) is 44.8 Å². The molecular weight excluding hydrogens is 797 g/mol. The molecule has 0 amide bonds. The number of furan rings is 1. The van der Waals surface area contributed by atoms with E-state index in [-0.39, 0.29) is 0 Å². The van der Waals surface area contributed by atoms with Crippen LogP contribution < -0.4 is 0 Å². The van der Waals surface area contributed by atoms with Crippen molar-refractivity contribution >= 4 is 97.1 Å². The number of nitrogens with zero attached hydrogens (tertiary/aromatic N) is 2. The van der Waals surface area contributed by atoms with Gasteiger partial charge in [0.05, 0.1) is 32.5 Å². The lowest BCUT2D eigenvalue weighted by Crippen LogP contribution is -1.93. The smallest absolute Gasteiger partial charge is 0.135 e. The molecule has 14 aromatic rings. The third-order valence-corrected chi connectivity index (χ3v) is 14.5. The van der Waals surface area contributed by atoms with Crippen LogP contribution in [0.5, 0.6) is 0 Å². The van der Waals surface area contributed by atoms with Gasteiger partial charge in [-0.25, -0.2) is 0 Å². The van der Waals surface area contributed by atoms with E-state index in [1.54, 1.807) is 0 Å². The Labute approximate surface area is 371 Å². The Balaban J connectivity index is 0.858. The number of thiophene rings is 1. The van der Waals surface area contributed by atoms with Gasteiger partial charge < -0.3 is 13.6 Å². The lowest BCUT2D eigenvalue weighted by Gasteiger charge is -2.10. The van der Waals surface area contributed by atoms with Crippen LogP contribution in [0.4, 0.5) is 0 Å². The Morgan fingerprint density at radius 3 is 1.55 bits per heavy atom. The summed E-state index contributed by atoms with van der Waals surface area (Å²) in [4.78, 5) is 0. The summed E-state index contributed by atoms with van der Waals surface area (Å²) in [5.74, 6) is 0. The Morgan fingerprint density at radius 1 is 0.297 bits per heavy atom. The van der Waals surface area contributed by atoms with Gasteiger partial charge in [-0.05, 0) is 118 Å². The summed E-state index contributed by atoms with van der Waals surface area (Å²) in [6.07, 6.45) is 0. The monoisotopic (exact) mass is 832 g/mol. The zero-order chi connectivity index (χ0) is 41.9. The van der Waals surface area contributed by atoms with Gasteiger partial charge in [0, 0.05) is 53.5 Å². The molecule has 0 N–H and O–H groups in total. The van der Waals surface area contributed by atoms with Crippen LogP contribution in [0.25, 0.3) is 130 Å². The lowest BCUT2D eigenvalue weighted by molar-refractivity contribution is 0.669. The molecule has 4 aromatic heterocycles. The first-order valence-corrected chi connectivity index (χ1v) is 22.6. The van der Waals surface area contributed by atoms with E-state index in [1.165, 1.54) is 97.3 Å². The molecule has 0 spiro atoms. The summed E-state index contributed by atoms with van der Waals surface area (Å²) in [7, 11) is 0. The van der Waals surface area contributed by atoms with Gasteiger partial charge in [-0.1, -0.05) is 133 Å². The second-order valence-corrected chi connectivity index (χ2v) is 17.9. The standard InChI is InChI=1S/C60H36N2OS/c1-2-12-37(13-3-1)40-24-28-55-48(33-40)46-18-6-9-22-54(46)62(55)56-23-11-19-47-51-35-42(26-31-59(51)64-60(47)56)39-15-10-14-38(32-39)41-25-29-57-49(34-41)50-36-43(27-30-58(50)63-57)61-52-20-7-4-16-44(52)45-17-5-8-21-53(45)61/h1-36H. The van der Waals surface area contributed by atoms with E-state index < -0.39 is 0 Å². The van der Waals surface area contributed by atoms with E-state index in [2.05, 4.69) is 228 Å². The molecule has 0 radical (unpaired) electrons. The molecule has 0 aliphatic rings. The molecule has 10 aromatic carbocycles. The van der Waals surface area contributed by atoms with Crippen molar-refractivity contribution in [3.05, 3.63) is 218 Å². The number of hydrogen-bond acceptors (Lipinski definition) is 2. The molecule has 4 heteroatoms. The van der Waals surface area contributed by atoms with Crippen molar-refractivity contribution in [1.82, 2.24) is 9.13 Å². The van der Waals surface area contributed by atoms with Gasteiger partial charge in [-0.15, -0.1) is 11.3 Å². The maximum absolute atomic E-state index is 6.44. The molecule has 0 fully saturated rings. The number of benzene rings is 10. The minimum atomic E-state index is 0.889. The Bertz CT molecular complexity index is 4150. The van der Waals surface area contributed by atoms with Crippen LogP contribution in [0.2, 0.25) is 0 Å². The Morgan fingerprint density at radius 2 is 0.797 bits per heavy atom. The fraction of sp³-hybridized carbons (Fsp3) is 0. The molecule has 14 rings (SSSR count). The highest BCUT2D eigenvalue weighted by atomic mass is 32.1. The molecule has 0 bridgehead atoms. The first kappa shape index (κ1) is 35.4. The first-order valence-electron chi connectivity index (χ1n) is 21.8. The van der Waals surface area contributed by atoms with Gasteiger partial charge in [0.15, 0.2) is 0 Å². The normalized spacial score (nSPS) is 12.1. The van der Waals surface area contributed by atoms with Gasteiger partial charge in [0.2, 0.25) is 0 Å². The largest absolute Gasteiger partial charge is 0.456 e. The van der Waals surface area contributed by atoms with Crippen molar-refractivity contribution in [3.63, 3.8) is 0 Å². The molecule has 0 aliphatic heterocycles. The quantitative estimate of drug-likeness (QED) is 0.169. The minimum absolute atomic E-state index is 0.889. The predicted octanol–water partition coefficient (Wildman–Crippen LogP) is 17.1. The number of hydrogen-bond donors (Lipinski definition) is 0. The average Bonchev–Trinajstić information content (AvgIpc) is 4.11. The second-order valence-electron chi connectivity index (χ2n) is 16.9. The molecule has 0 saturated carbocycles. The summed E-state index contributed by atoms with van der Waals surface area (Å²) in [5.41, 5.74) is 16.1. The second kappa shape index (κ2) is 13.7. The van der Waals surface area contributed by atoms with Gasteiger partial charge in [0.25, 0.3) is 0 Å². The van der Waals surface area contributed by atoms with E-state index in [4.69, 9.17) is 4.42 Å². The van der Waals surface area contributed by atoms with Crippen molar-refractivity contribution < 1.29 is 4.42 Å². The van der Waals surface area contributed by atoms with E-state index in [1.807, 2.05) is 11.3 Å². The summed E-state index contributed by atoms with van der Waals surface area (Å²) in [6, 6.07) is 79.7. The molecule has 0 saturated heterocycles. The highest BCUT2D eigenvalue weighted by Gasteiger charge is 2.19. The van der Waals surface area contributed by atoms with Crippen LogP contribution >= 0.6 is 11.3 Å². The van der Waals surface area contributed by atoms with Crippen molar-refractivity contribution in [2.45, 2.75) is 0 Å². The zero-order valence-electron chi connectivity index (χ0n) is 34.5. The van der Waals surface area contributed by atoms with Gasteiger partial charge >= 0.3 is 0 Å². The average molecular weight is 833 g/mol. The van der Waals surface area contributed by atoms with E-state index in [9.17, 15) is 0 Å². The summed E-state index contributed by atoms with van der Waals surface area (Å²) in [6.45, 7) is 0. The molecule has 3 nitrogen and oxygen atoms in total. The zero-order valence-corrected chi connectivity index (χ0v) is 35.3. The highest BCUT2D eigenvalue weighted by molar-refractivity contribution is 7.26.